The van der Waals surface area contributed by atoms with Gasteiger partial charge in [0.25, 0.3) is 0 Å². The minimum atomic E-state index is -0.416. The molecule has 144 valence electrons. The average molecular weight is 398 g/mol. The lowest BCUT2D eigenvalue weighted by molar-refractivity contribution is 0.477. The van der Waals surface area contributed by atoms with Crippen LogP contribution in [0.25, 0.3) is 22.3 Å². The molecule has 1 fully saturated rings. The Morgan fingerprint density at radius 1 is 1.04 bits per heavy atom. The van der Waals surface area contributed by atoms with Crippen molar-refractivity contribution in [3.05, 3.63) is 65.1 Å². The molecule has 0 radical (unpaired) electrons. The van der Waals surface area contributed by atoms with Crippen molar-refractivity contribution in [1.29, 1.82) is 0 Å². The number of phenolic OH excluding ortho intramolecular Hbond substituents is 1. The maximum Gasteiger partial charge on any atom is 0.131 e. The van der Waals surface area contributed by atoms with E-state index in [9.17, 15) is 9.50 Å². The van der Waals surface area contributed by atoms with E-state index in [2.05, 4.69) is 15.2 Å². The van der Waals surface area contributed by atoms with Gasteiger partial charge in [-0.3, -0.25) is 0 Å². The molecule has 6 heteroatoms. The third-order valence-electron chi connectivity index (χ3n) is 4.93. The van der Waals surface area contributed by atoms with Crippen LogP contribution < -0.4 is 10.2 Å². The standard InChI is InChI=1S/C22H21ClFN3O/c1-14-8-16(10-17(23)9-14)20-13-18(24)12-19(22(20)28)15-2-3-26-21(11-15)27-6-4-25-5-7-27/h2-3,8-13,25,28H,4-7H2,1H3. The van der Waals surface area contributed by atoms with E-state index >= 15 is 0 Å². The number of hydrogen-bond acceptors (Lipinski definition) is 4. The summed E-state index contributed by atoms with van der Waals surface area (Å²) in [6.45, 7) is 5.43. The van der Waals surface area contributed by atoms with Crippen molar-refractivity contribution in [3.8, 4) is 28.0 Å². The van der Waals surface area contributed by atoms with Crippen molar-refractivity contribution in [2.75, 3.05) is 31.1 Å². The van der Waals surface area contributed by atoms with Gasteiger partial charge in [-0.15, -0.1) is 0 Å². The number of halogens is 2. The van der Waals surface area contributed by atoms with Crippen LogP contribution in [0.5, 0.6) is 5.75 Å². The van der Waals surface area contributed by atoms with Gasteiger partial charge in [0.2, 0.25) is 0 Å². The van der Waals surface area contributed by atoms with Gasteiger partial charge in [0.15, 0.2) is 0 Å². The van der Waals surface area contributed by atoms with E-state index in [0.29, 0.717) is 21.7 Å². The van der Waals surface area contributed by atoms with Crippen molar-refractivity contribution in [2.24, 2.45) is 0 Å². The number of nitrogens with zero attached hydrogens (tertiary/aromatic N) is 2. The van der Waals surface area contributed by atoms with Crippen LogP contribution in [0.1, 0.15) is 5.56 Å². The van der Waals surface area contributed by atoms with Crippen molar-refractivity contribution >= 4 is 17.4 Å². The molecule has 2 N–H and O–H groups in total. The van der Waals surface area contributed by atoms with Crippen LogP contribution in [0.4, 0.5) is 10.2 Å². The van der Waals surface area contributed by atoms with Gasteiger partial charge in [-0.2, -0.15) is 0 Å². The molecule has 0 atom stereocenters. The average Bonchev–Trinajstić information content (AvgIpc) is 2.69. The number of nitrogens with one attached hydrogen (secondary N) is 1. The molecule has 0 aliphatic carbocycles. The fourth-order valence-electron chi connectivity index (χ4n) is 3.58. The number of phenols is 1. The second kappa shape index (κ2) is 7.78. The van der Waals surface area contributed by atoms with Crippen LogP contribution in [-0.4, -0.2) is 36.3 Å². The Morgan fingerprint density at radius 3 is 2.46 bits per heavy atom. The van der Waals surface area contributed by atoms with E-state index in [-0.39, 0.29) is 5.75 Å². The van der Waals surface area contributed by atoms with Gasteiger partial charge in [0, 0.05) is 48.5 Å². The Bertz CT molecular complexity index is 998. The van der Waals surface area contributed by atoms with Crippen molar-refractivity contribution < 1.29 is 9.50 Å². The smallest absolute Gasteiger partial charge is 0.131 e. The van der Waals surface area contributed by atoms with Gasteiger partial charge >= 0.3 is 0 Å². The second-order valence-electron chi connectivity index (χ2n) is 7.01. The van der Waals surface area contributed by atoms with E-state index in [0.717, 1.165) is 43.1 Å². The molecule has 0 unspecified atom stereocenters. The highest BCUT2D eigenvalue weighted by Crippen LogP contribution is 2.40. The number of aromatic nitrogens is 1. The molecule has 0 spiro atoms. The second-order valence-corrected chi connectivity index (χ2v) is 7.44. The summed E-state index contributed by atoms with van der Waals surface area (Å²) in [4.78, 5) is 6.63. The number of aromatic hydroxyl groups is 1. The van der Waals surface area contributed by atoms with Gasteiger partial charge in [0.1, 0.15) is 17.4 Å². The summed E-state index contributed by atoms with van der Waals surface area (Å²) in [5, 5.41) is 14.8. The third-order valence-corrected chi connectivity index (χ3v) is 5.14. The molecule has 0 amide bonds. The molecule has 28 heavy (non-hydrogen) atoms. The van der Waals surface area contributed by atoms with Gasteiger partial charge in [-0.1, -0.05) is 17.7 Å². The molecular formula is C22H21ClFN3O. The zero-order valence-electron chi connectivity index (χ0n) is 15.5. The zero-order chi connectivity index (χ0) is 19.7. The number of hydrogen-bond donors (Lipinski definition) is 2. The molecule has 1 aliphatic heterocycles. The molecule has 1 aromatic heterocycles. The van der Waals surface area contributed by atoms with Crippen LogP contribution in [-0.2, 0) is 0 Å². The number of benzene rings is 2. The largest absolute Gasteiger partial charge is 0.507 e. The summed E-state index contributed by atoms with van der Waals surface area (Å²) in [7, 11) is 0. The fraction of sp³-hybridized carbons (Fsp3) is 0.227. The van der Waals surface area contributed by atoms with E-state index in [1.54, 1.807) is 18.3 Å². The Morgan fingerprint density at radius 2 is 1.75 bits per heavy atom. The number of rotatable bonds is 3. The molecular weight excluding hydrogens is 377 g/mol. The summed E-state index contributed by atoms with van der Waals surface area (Å²) in [6, 6.07) is 11.8. The molecule has 4 rings (SSSR count). The quantitative estimate of drug-likeness (QED) is 0.676. The molecule has 2 heterocycles. The zero-order valence-corrected chi connectivity index (χ0v) is 16.3. The Hall–Kier alpha value is -2.63. The molecule has 3 aromatic rings. The summed E-state index contributed by atoms with van der Waals surface area (Å²) in [6.07, 6.45) is 1.69. The molecule has 1 saturated heterocycles. The highest BCUT2D eigenvalue weighted by atomic mass is 35.5. The molecule has 2 aromatic carbocycles. The van der Waals surface area contributed by atoms with Crippen molar-refractivity contribution in [1.82, 2.24) is 10.3 Å². The van der Waals surface area contributed by atoms with Crippen LogP contribution in [0.3, 0.4) is 0 Å². The lowest BCUT2D eigenvalue weighted by atomic mass is 9.96. The lowest BCUT2D eigenvalue weighted by Crippen LogP contribution is -2.43. The molecule has 4 nitrogen and oxygen atoms in total. The highest BCUT2D eigenvalue weighted by Gasteiger charge is 2.17. The lowest BCUT2D eigenvalue weighted by Gasteiger charge is -2.28. The van der Waals surface area contributed by atoms with Gasteiger partial charge in [-0.05, 0) is 60.0 Å². The molecule has 0 saturated carbocycles. The van der Waals surface area contributed by atoms with Gasteiger partial charge < -0.3 is 15.3 Å². The van der Waals surface area contributed by atoms with E-state index < -0.39 is 5.82 Å². The highest BCUT2D eigenvalue weighted by molar-refractivity contribution is 6.31. The number of pyridine rings is 1. The molecule has 1 aliphatic rings. The topological polar surface area (TPSA) is 48.4 Å². The Kier molecular flexibility index (Phi) is 5.20. The number of piperazine rings is 1. The first-order valence-corrected chi connectivity index (χ1v) is 9.61. The first-order chi connectivity index (χ1) is 13.5. The minimum absolute atomic E-state index is 0.0283. The summed E-state index contributed by atoms with van der Waals surface area (Å²) < 4.78 is 14.5. The van der Waals surface area contributed by atoms with E-state index in [1.165, 1.54) is 12.1 Å². The summed E-state index contributed by atoms with van der Waals surface area (Å²) in [5.41, 5.74) is 3.20. The predicted octanol–water partition coefficient (Wildman–Crippen LogP) is 4.63. The number of anilines is 1. The van der Waals surface area contributed by atoms with E-state index in [4.69, 9.17) is 11.6 Å². The van der Waals surface area contributed by atoms with E-state index in [1.807, 2.05) is 25.1 Å². The first kappa shape index (κ1) is 18.7. The Labute approximate surface area is 168 Å². The number of aryl methyl sites for hydroxylation is 1. The normalized spacial score (nSPS) is 14.3. The third kappa shape index (κ3) is 3.81. The van der Waals surface area contributed by atoms with Crippen LogP contribution in [0, 0.1) is 12.7 Å². The van der Waals surface area contributed by atoms with Crippen LogP contribution in [0.2, 0.25) is 5.02 Å². The summed E-state index contributed by atoms with van der Waals surface area (Å²) >= 11 is 6.16. The van der Waals surface area contributed by atoms with Crippen molar-refractivity contribution in [3.63, 3.8) is 0 Å². The van der Waals surface area contributed by atoms with Crippen molar-refractivity contribution in [2.45, 2.75) is 6.92 Å². The predicted molar refractivity (Wildman–Crippen MR) is 112 cm³/mol. The maximum atomic E-state index is 14.5. The molecule has 0 bridgehead atoms. The first-order valence-electron chi connectivity index (χ1n) is 9.23. The Balaban J connectivity index is 1.79. The SMILES string of the molecule is Cc1cc(Cl)cc(-c2cc(F)cc(-c3ccnc(N4CCNCC4)c3)c2O)c1. The summed E-state index contributed by atoms with van der Waals surface area (Å²) in [5.74, 6) is 0.435. The monoisotopic (exact) mass is 397 g/mol. The minimum Gasteiger partial charge on any atom is -0.507 e. The maximum absolute atomic E-state index is 14.5. The van der Waals surface area contributed by atoms with Crippen LogP contribution >= 0.6 is 11.6 Å². The fourth-order valence-corrected chi connectivity index (χ4v) is 3.87. The van der Waals surface area contributed by atoms with Crippen LogP contribution in [0.15, 0.2) is 48.7 Å². The van der Waals surface area contributed by atoms with Gasteiger partial charge in [-0.25, -0.2) is 9.37 Å². The van der Waals surface area contributed by atoms with Gasteiger partial charge in [0.05, 0.1) is 0 Å².